The number of aryl methyl sites for hydroxylation is 1. The van der Waals surface area contributed by atoms with E-state index in [0.29, 0.717) is 0 Å². The normalized spacial score (nSPS) is 16.4. The maximum absolute atomic E-state index is 10.7. The van der Waals surface area contributed by atoms with Gasteiger partial charge in [-0.1, -0.05) is 6.08 Å². The average molecular weight is 300 g/mol. The number of nitrogens with one attached hydrogen (secondary N) is 1. The number of benzene rings is 1. The number of hydrazone groups is 1. The van der Waals surface area contributed by atoms with Gasteiger partial charge in [-0.3, -0.25) is 0 Å². The average Bonchev–Trinajstić information content (AvgIpc) is 2.39. The highest BCUT2D eigenvalue weighted by molar-refractivity contribution is 5.89. The van der Waals surface area contributed by atoms with Gasteiger partial charge in [0.25, 0.3) is 0 Å². The number of amides is 2. The van der Waals surface area contributed by atoms with Crippen LogP contribution < -0.4 is 16.1 Å². The Kier molecular flexibility index (Phi) is 4.26. The van der Waals surface area contributed by atoms with Gasteiger partial charge in [-0.2, -0.15) is 5.10 Å². The van der Waals surface area contributed by atoms with Gasteiger partial charge in [0.05, 0.1) is 11.8 Å². The Labute approximate surface area is 131 Å². The molecule has 0 bridgehead atoms. The molecule has 118 valence electrons. The van der Waals surface area contributed by atoms with Crippen LogP contribution in [-0.2, 0) is 0 Å². The van der Waals surface area contributed by atoms with Crippen LogP contribution in [0.25, 0.3) is 5.57 Å². The molecule has 0 aromatic heterocycles. The molecule has 1 aliphatic heterocycles. The number of likely N-dealkylation sites (N-methyl/N-ethyl adjacent to an activating group) is 1. The van der Waals surface area contributed by atoms with Crippen molar-refractivity contribution in [3.05, 3.63) is 34.9 Å². The number of allylic oxidation sites excluding steroid dienone is 1. The highest BCUT2D eigenvalue weighted by Crippen LogP contribution is 2.39. The second kappa shape index (κ2) is 5.83. The van der Waals surface area contributed by atoms with Crippen LogP contribution in [0.3, 0.4) is 0 Å². The van der Waals surface area contributed by atoms with Crippen LogP contribution in [0.1, 0.15) is 44.4 Å². The van der Waals surface area contributed by atoms with Gasteiger partial charge in [-0.05, 0) is 63.5 Å². The predicted molar refractivity (Wildman–Crippen MR) is 92.2 cm³/mol. The van der Waals surface area contributed by atoms with Crippen molar-refractivity contribution in [2.75, 3.05) is 11.4 Å². The number of urea groups is 1. The van der Waals surface area contributed by atoms with Gasteiger partial charge in [0.1, 0.15) is 0 Å². The summed E-state index contributed by atoms with van der Waals surface area (Å²) in [6.45, 7) is 11.7. The molecule has 22 heavy (non-hydrogen) atoms. The highest BCUT2D eigenvalue weighted by Gasteiger charge is 2.30. The van der Waals surface area contributed by atoms with E-state index in [2.05, 4.69) is 61.3 Å². The van der Waals surface area contributed by atoms with Crippen molar-refractivity contribution in [2.45, 2.75) is 40.2 Å². The fourth-order valence-electron chi connectivity index (χ4n) is 3.13. The number of nitrogens with zero attached hydrogens (tertiary/aromatic N) is 2. The Balaban J connectivity index is 2.49. The molecule has 0 saturated carbocycles. The topological polar surface area (TPSA) is 70.7 Å². The smallest absolute Gasteiger partial charge is 0.332 e. The lowest BCUT2D eigenvalue weighted by Crippen LogP contribution is -2.45. The number of rotatable bonds is 3. The largest absolute Gasteiger partial charge is 0.363 e. The number of nitrogens with two attached hydrogens (primary N) is 1. The third-order valence-corrected chi connectivity index (χ3v) is 4.06. The molecule has 5 heteroatoms. The molecule has 1 heterocycles. The van der Waals surface area contributed by atoms with E-state index in [-0.39, 0.29) is 5.54 Å². The Bertz CT molecular complexity index is 659. The summed E-state index contributed by atoms with van der Waals surface area (Å²) < 4.78 is 0. The molecule has 0 aliphatic carbocycles. The maximum atomic E-state index is 10.7. The van der Waals surface area contributed by atoms with Crippen molar-refractivity contribution in [1.82, 2.24) is 5.43 Å². The van der Waals surface area contributed by atoms with E-state index < -0.39 is 6.03 Å². The summed E-state index contributed by atoms with van der Waals surface area (Å²) in [5, 5.41) is 3.86. The minimum Gasteiger partial charge on any atom is -0.363 e. The minimum absolute atomic E-state index is 0.00139. The standard InChI is InChI=1S/C17H24N4O/c1-6-21-15-7-11(2)13(10-19-20-16(18)22)8-14(15)12(3)9-17(21,4)5/h7-10H,6H2,1-5H3,(H3,18,20,22)/b19-10+. The van der Waals surface area contributed by atoms with E-state index >= 15 is 0 Å². The Hall–Kier alpha value is -2.30. The molecule has 5 nitrogen and oxygen atoms in total. The zero-order valence-electron chi connectivity index (χ0n) is 13.9. The Morgan fingerprint density at radius 2 is 2.09 bits per heavy atom. The quantitative estimate of drug-likeness (QED) is 0.665. The van der Waals surface area contributed by atoms with E-state index in [1.165, 1.54) is 16.8 Å². The first kappa shape index (κ1) is 16.1. The molecule has 0 atom stereocenters. The molecule has 0 saturated heterocycles. The van der Waals surface area contributed by atoms with Crippen LogP contribution in [0.5, 0.6) is 0 Å². The lowest BCUT2D eigenvalue weighted by atomic mass is 9.87. The van der Waals surface area contributed by atoms with E-state index in [9.17, 15) is 4.79 Å². The van der Waals surface area contributed by atoms with Crippen LogP contribution in [0.15, 0.2) is 23.3 Å². The summed E-state index contributed by atoms with van der Waals surface area (Å²) in [7, 11) is 0. The van der Waals surface area contributed by atoms with E-state index in [1.54, 1.807) is 6.21 Å². The van der Waals surface area contributed by atoms with Crippen LogP contribution in [0, 0.1) is 6.92 Å². The Morgan fingerprint density at radius 1 is 1.41 bits per heavy atom. The third kappa shape index (κ3) is 2.98. The van der Waals surface area contributed by atoms with Crippen LogP contribution >= 0.6 is 0 Å². The number of hydrogen-bond acceptors (Lipinski definition) is 3. The van der Waals surface area contributed by atoms with Crippen molar-refractivity contribution >= 4 is 23.5 Å². The van der Waals surface area contributed by atoms with Crippen LogP contribution in [0.4, 0.5) is 10.5 Å². The van der Waals surface area contributed by atoms with Crippen molar-refractivity contribution in [2.24, 2.45) is 10.8 Å². The predicted octanol–water partition coefficient (Wildman–Crippen LogP) is 3.02. The summed E-state index contributed by atoms with van der Waals surface area (Å²) in [6.07, 6.45) is 3.92. The van der Waals surface area contributed by atoms with Gasteiger partial charge in [0.2, 0.25) is 0 Å². The molecule has 1 aromatic carbocycles. The lowest BCUT2D eigenvalue weighted by Gasteiger charge is -2.43. The maximum Gasteiger partial charge on any atom is 0.332 e. The molecule has 2 rings (SSSR count). The van der Waals surface area contributed by atoms with Crippen molar-refractivity contribution in [3.8, 4) is 0 Å². The first-order valence-corrected chi connectivity index (χ1v) is 7.47. The molecule has 0 fully saturated rings. The number of anilines is 1. The van der Waals surface area contributed by atoms with Gasteiger partial charge in [0.15, 0.2) is 0 Å². The summed E-state index contributed by atoms with van der Waals surface area (Å²) in [6, 6.07) is 3.63. The van der Waals surface area contributed by atoms with Crippen molar-refractivity contribution in [3.63, 3.8) is 0 Å². The van der Waals surface area contributed by atoms with E-state index in [0.717, 1.165) is 17.7 Å². The Morgan fingerprint density at radius 3 is 2.68 bits per heavy atom. The lowest BCUT2D eigenvalue weighted by molar-refractivity contribution is 0.249. The fraction of sp³-hybridized carbons (Fsp3) is 0.412. The summed E-state index contributed by atoms with van der Waals surface area (Å²) in [5.41, 5.74) is 13.0. The van der Waals surface area contributed by atoms with Crippen molar-refractivity contribution in [1.29, 1.82) is 0 Å². The third-order valence-electron chi connectivity index (χ3n) is 4.06. The zero-order valence-corrected chi connectivity index (χ0v) is 13.9. The number of carbonyl (C=O) groups is 1. The second-order valence-corrected chi connectivity index (χ2v) is 6.19. The van der Waals surface area contributed by atoms with Gasteiger partial charge < -0.3 is 10.6 Å². The van der Waals surface area contributed by atoms with Gasteiger partial charge >= 0.3 is 6.03 Å². The molecule has 2 amide bonds. The van der Waals surface area contributed by atoms with Gasteiger partial charge in [-0.25, -0.2) is 10.2 Å². The first-order valence-electron chi connectivity index (χ1n) is 7.47. The highest BCUT2D eigenvalue weighted by atomic mass is 16.2. The molecular weight excluding hydrogens is 276 g/mol. The molecule has 0 unspecified atom stereocenters. The molecule has 3 N–H and O–H groups in total. The van der Waals surface area contributed by atoms with E-state index in [1.807, 2.05) is 6.92 Å². The SMILES string of the molecule is CCN1c2cc(C)c(/C=N/NC(N)=O)cc2C(C)=CC1(C)C. The molecule has 1 aromatic rings. The molecular formula is C17H24N4O. The summed E-state index contributed by atoms with van der Waals surface area (Å²) >= 11 is 0. The van der Waals surface area contributed by atoms with E-state index in [4.69, 9.17) is 5.73 Å². The number of fused-ring (bicyclic) bond motifs is 1. The molecule has 0 radical (unpaired) electrons. The van der Waals surface area contributed by atoms with Gasteiger partial charge in [-0.15, -0.1) is 0 Å². The molecule has 1 aliphatic rings. The number of primary amides is 1. The molecule has 0 spiro atoms. The summed E-state index contributed by atoms with van der Waals surface area (Å²) in [4.78, 5) is 13.1. The monoisotopic (exact) mass is 300 g/mol. The van der Waals surface area contributed by atoms with Crippen molar-refractivity contribution < 1.29 is 4.79 Å². The van der Waals surface area contributed by atoms with Crippen LogP contribution in [0.2, 0.25) is 0 Å². The number of carbonyl (C=O) groups excluding carboxylic acids is 1. The number of hydrogen-bond donors (Lipinski definition) is 2. The first-order chi connectivity index (χ1) is 10.3. The summed E-state index contributed by atoms with van der Waals surface area (Å²) in [5.74, 6) is 0. The zero-order chi connectivity index (χ0) is 16.5. The van der Waals surface area contributed by atoms with Gasteiger partial charge in [0, 0.05) is 17.8 Å². The second-order valence-electron chi connectivity index (χ2n) is 6.19. The van der Waals surface area contributed by atoms with Crippen LogP contribution in [-0.4, -0.2) is 24.3 Å². The minimum atomic E-state index is -0.665. The fourth-order valence-corrected chi connectivity index (χ4v) is 3.13.